The zero-order valence-corrected chi connectivity index (χ0v) is 5.97. The van der Waals surface area contributed by atoms with Crippen LogP contribution < -0.4 is 5.06 Å². The van der Waals surface area contributed by atoms with E-state index < -0.39 is 0 Å². The Bertz CT molecular complexity index is 250. The molecule has 0 radical (unpaired) electrons. The zero-order valence-electron chi connectivity index (χ0n) is 5.97. The molecule has 0 spiro atoms. The standard InChI is InChI=1S/C8H8N2O/c1-2-5-9-8(4-1)10-6-3-7-11-10/h1-5,7H,6H2. The van der Waals surface area contributed by atoms with Crippen LogP contribution in [0.5, 0.6) is 0 Å². The van der Waals surface area contributed by atoms with Gasteiger partial charge < -0.3 is 4.84 Å². The quantitative estimate of drug-likeness (QED) is 0.601. The van der Waals surface area contributed by atoms with E-state index in [2.05, 4.69) is 4.98 Å². The van der Waals surface area contributed by atoms with E-state index in [-0.39, 0.29) is 0 Å². The second-order valence-corrected chi connectivity index (χ2v) is 2.23. The average Bonchev–Trinajstić information content (AvgIpc) is 2.58. The Morgan fingerprint density at radius 2 is 2.45 bits per heavy atom. The molecule has 0 atom stereocenters. The molecule has 0 aromatic carbocycles. The summed E-state index contributed by atoms with van der Waals surface area (Å²) in [5, 5.41) is 1.72. The molecular weight excluding hydrogens is 140 g/mol. The molecule has 1 aromatic rings. The highest BCUT2D eigenvalue weighted by molar-refractivity contribution is 5.36. The molecule has 1 aromatic heterocycles. The molecule has 0 saturated heterocycles. The van der Waals surface area contributed by atoms with E-state index in [1.165, 1.54) is 0 Å². The van der Waals surface area contributed by atoms with Crippen LogP contribution in [0.25, 0.3) is 0 Å². The lowest BCUT2D eigenvalue weighted by molar-refractivity contribution is 0.244. The van der Waals surface area contributed by atoms with Crippen LogP contribution >= 0.6 is 0 Å². The summed E-state index contributed by atoms with van der Waals surface area (Å²) in [5.41, 5.74) is 0. The summed E-state index contributed by atoms with van der Waals surface area (Å²) < 4.78 is 0. The highest BCUT2D eigenvalue weighted by Crippen LogP contribution is 2.12. The van der Waals surface area contributed by atoms with Gasteiger partial charge in [-0.25, -0.2) is 4.98 Å². The Morgan fingerprint density at radius 3 is 3.09 bits per heavy atom. The maximum absolute atomic E-state index is 5.13. The van der Waals surface area contributed by atoms with Crippen LogP contribution in [0, 0.1) is 0 Å². The van der Waals surface area contributed by atoms with Crippen molar-refractivity contribution in [3.05, 3.63) is 36.7 Å². The van der Waals surface area contributed by atoms with Crippen LogP contribution in [0.3, 0.4) is 0 Å². The molecule has 56 valence electrons. The van der Waals surface area contributed by atoms with Crippen LogP contribution in [0.1, 0.15) is 0 Å². The molecule has 0 amide bonds. The van der Waals surface area contributed by atoms with Crippen molar-refractivity contribution in [2.24, 2.45) is 0 Å². The molecule has 11 heavy (non-hydrogen) atoms. The normalized spacial score (nSPS) is 15.1. The number of rotatable bonds is 1. The van der Waals surface area contributed by atoms with Gasteiger partial charge in [0, 0.05) is 6.20 Å². The molecule has 0 fully saturated rings. The fraction of sp³-hybridized carbons (Fsp3) is 0.125. The molecule has 0 unspecified atom stereocenters. The zero-order chi connectivity index (χ0) is 7.52. The number of nitrogens with zero attached hydrogens (tertiary/aromatic N) is 2. The summed E-state index contributed by atoms with van der Waals surface area (Å²) >= 11 is 0. The molecule has 0 bridgehead atoms. The predicted molar refractivity (Wildman–Crippen MR) is 41.8 cm³/mol. The summed E-state index contributed by atoms with van der Waals surface area (Å²) in [4.78, 5) is 9.25. The largest absolute Gasteiger partial charge is 0.386 e. The minimum absolute atomic E-state index is 0.775. The lowest BCUT2D eigenvalue weighted by Crippen LogP contribution is -2.17. The molecule has 3 nitrogen and oxygen atoms in total. The molecule has 1 aliphatic rings. The number of hydrogen-bond donors (Lipinski definition) is 0. The fourth-order valence-corrected chi connectivity index (χ4v) is 0.947. The van der Waals surface area contributed by atoms with E-state index in [0.29, 0.717) is 0 Å². The molecular formula is C8H8N2O. The van der Waals surface area contributed by atoms with Crippen molar-refractivity contribution in [2.75, 3.05) is 11.6 Å². The van der Waals surface area contributed by atoms with Crippen molar-refractivity contribution in [1.29, 1.82) is 0 Å². The first-order chi connectivity index (χ1) is 5.47. The van der Waals surface area contributed by atoms with Crippen molar-refractivity contribution in [3.8, 4) is 0 Å². The smallest absolute Gasteiger partial charge is 0.163 e. The van der Waals surface area contributed by atoms with E-state index in [9.17, 15) is 0 Å². The van der Waals surface area contributed by atoms with Crippen molar-refractivity contribution >= 4 is 5.82 Å². The third-order valence-electron chi connectivity index (χ3n) is 1.46. The summed E-state index contributed by atoms with van der Waals surface area (Å²) in [6.07, 6.45) is 5.35. The minimum atomic E-state index is 0.775. The summed E-state index contributed by atoms with van der Waals surface area (Å²) in [6, 6.07) is 5.73. The first-order valence-corrected chi connectivity index (χ1v) is 3.47. The average molecular weight is 148 g/mol. The molecule has 1 aliphatic heterocycles. The highest BCUT2D eigenvalue weighted by Gasteiger charge is 2.08. The van der Waals surface area contributed by atoms with Gasteiger partial charge in [0.15, 0.2) is 5.82 Å². The predicted octanol–water partition coefficient (Wildman–Crippen LogP) is 1.35. The van der Waals surface area contributed by atoms with Gasteiger partial charge in [-0.1, -0.05) is 6.07 Å². The van der Waals surface area contributed by atoms with Gasteiger partial charge in [-0.15, -0.1) is 0 Å². The fourth-order valence-electron chi connectivity index (χ4n) is 0.947. The van der Waals surface area contributed by atoms with Crippen LogP contribution in [0.2, 0.25) is 0 Å². The highest BCUT2D eigenvalue weighted by atomic mass is 16.7. The van der Waals surface area contributed by atoms with Gasteiger partial charge in [0.2, 0.25) is 0 Å². The van der Waals surface area contributed by atoms with Crippen LogP contribution in [-0.4, -0.2) is 11.5 Å². The second-order valence-electron chi connectivity index (χ2n) is 2.23. The van der Waals surface area contributed by atoms with Crippen molar-refractivity contribution < 1.29 is 4.84 Å². The number of aromatic nitrogens is 1. The molecule has 0 saturated carbocycles. The SMILES string of the molecule is C1=CON(c2ccccn2)C1. The lowest BCUT2D eigenvalue weighted by Gasteiger charge is -2.13. The van der Waals surface area contributed by atoms with Gasteiger partial charge in [-0.2, -0.15) is 5.06 Å². The van der Waals surface area contributed by atoms with Gasteiger partial charge in [-0.05, 0) is 18.2 Å². The summed E-state index contributed by atoms with van der Waals surface area (Å²) in [5.74, 6) is 0.845. The van der Waals surface area contributed by atoms with E-state index in [0.717, 1.165) is 12.4 Å². The van der Waals surface area contributed by atoms with E-state index in [1.807, 2.05) is 24.3 Å². The third kappa shape index (κ3) is 1.17. The van der Waals surface area contributed by atoms with Gasteiger partial charge in [0.25, 0.3) is 0 Å². The van der Waals surface area contributed by atoms with Gasteiger partial charge in [0.05, 0.1) is 6.54 Å². The van der Waals surface area contributed by atoms with Crippen molar-refractivity contribution in [2.45, 2.75) is 0 Å². The van der Waals surface area contributed by atoms with E-state index in [4.69, 9.17) is 4.84 Å². The van der Waals surface area contributed by atoms with Crippen LogP contribution in [-0.2, 0) is 4.84 Å². The van der Waals surface area contributed by atoms with Crippen LogP contribution in [0.4, 0.5) is 5.82 Å². The van der Waals surface area contributed by atoms with E-state index >= 15 is 0 Å². The summed E-state index contributed by atoms with van der Waals surface area (Å²) in [6.45, 7) is 0.775. The molecule has 2 heterocycles. The molecule has 2 rings (SSSR count). The number of pyridine rings is 1. The Balaban J connectivity index is 2.17. The lowest BCUT2D eigenvalue weighted by atomic mass is 10.4. The van der Waals surface area contributed by atoms with Crippen LogP contribution in [0.15, 0.2) is 36.7 Å². The third-order valence-corrected chi connectivity index (χ3v) is 1.46. The first-order valence-electron chi connectivity index (χ1n) is 3.47. The maximum Gasteiger partial charge on any atom is 0.163 e. The molecule has 0 N–H and O–H groups in total. The van der Waals surface area contributed by atoms with Crippen molar-refractivity contribution in [1.82, 2.24) is 4.98 Å². The van der Waals surface area contributed by atoms with Gasteiger partial charge in [-0.3, -0.25) is 0 Å². The minimum Gasteiger partial charge on any atom is -0.386 e. The number of anilines is 1. The Hall–Kier alpha value is -1.51. The van der Waals surface area contributed by atoms with Gasteiger partial charge >= 0.3 is 0 Å². The Morgan fingerprint density at radius 1 is 1.45 bits per heavy atom. The Kier molecular flexibility index (Phi) is 1.48. The molecule has 3 heteroatoms. The first kappa shape index (κ1) is 6.22. The number of hydroxylamine groups is 1. The second kappa shape index (κ2) is 2.62. The maximum atomic E-state index is 5.13. The van der Waals surface area contributed by atoms with E-state index in [1.54, 1.807) is 17.5 Å². The molecule has 0 aliphatic carbocycles. The summed E-state index contributed by atoms with van der Waals surface area (Å²) in [7, 11) is 0. The monoisotopic (exact) mass is 148 g/mol. The van der Waals surface area contributed by atoms with Crippen molar-refractivity contribution in [3.63, 3.8) is 0 Å². The Labute approximate surface area is 64.9 Å². The topological polar surface area (TPSA) is 25.4 Å². The number of hydrogen-bond acceptors (Lipinski definition) is 3. The van der Waals surface area contributed by atoms with Gasteiger partial charge in [0.1, 0.15) is 6.26 Å².